The summed E-state index contributed by atoms with van der Waals surface area (Å²) in [5, 5.41) is 4.35. The van der Waals surface area contributed by atoms with E-state index in [1.165, 1.54) is 13.8 Å². The fourth-order valence-corrected chi connectivity index (χ4v) is 6.36. The van der Waals surface area contributed by atoms with E-state index in [1.807, 2.05) is 12.1 Å². The molecule has 3 aliphatic rings. The van der Waals surface area contributed by atoms with Gasteiger partial charge in [-0.25, -0.2) is 0 Å². The first kappa shape index (κ1) is 21.7. The van der Waals surface area contributed by atoms with Crippen LogP contribution in [-0.4, -0.2) is 38.0 Å². The predicted octanol–water partition coefficient (Wildman–Crippen LogP) is 4.22. The molecule has 0 unspecified atom stereocenters. The molecule has 5 atom stereocenters. The van der Waals surface area contributed by atoms with Crippen molar-refractivity contribution in [1.82, 2.24) is 0 Å². The lowest BCUT2D eigenvalue weighted by molar-refractivity contribution is -0.154. The van der Waals surface area contributed by atoms with Crippen LogP contribution in [0.3, 0.4) is 0 Å². The van der Waals surface area contributed by atoms with Crippen molar-refractivity contribution < 1.29 is 28.6 Å². The number of nitrogens with zero attached hydrogens (tertiary/aromatic N) is 1. The Morgan fingerprint density at radius 1 is 1.06 bits per heavy atom. The number of fused-ring (bicyclic) bond motifs is 5. The average Bonchev–Trinajstić information content (AvgIpc) is 3.03. The minimum atomic E-state index is -0.395. The molecule has 0 spiro atoms. The zero-order chi connectivity index (χ0) is 22.3. The Labute approximate surface area is 183 Å². The summed E-state index contributed by atoms with van der Waals surface area (Å²) in [5.41, 5.74) is 2.95. The summed E-state index contributed by atoms with van der Waals surface area (Å²) >= 11 is 0. The molecule has 0 saturated heterocycles. The van der Waals surface area contributed by atoms with Crippen LogP contribution >= 0.6 is 0 Å². The Bertz CT molecular complexity index is 925. The third kappa shape index (κ3) is 3.68. The smallest absolute Gasteiger partial charge is 0.308 e. The van der Waals surface area contributed by atoms with Gasteiger partial charge in [-0.2, -0.15) is 0 Å². The van der Waals surface area contributed by atoms with E-state index in [-0.39, 0.29) is 17.5 Å². The van der Waals surface area contributed by atoms with Crippen molar-refractivity contribution >= 4 is 17.7 Å². The highest BCUT2D eigenvalue weighted by molar-refractivity contribution is 6.03. The Morgan fingerprint density at radius 2 is 1.84 bits per heavy atom. The molecule has 0 N–H and O–H groups in total. The van der Waals surface area contributed by atoms with Crippen molar-refractivity contribution in [3.63, 3.8) is 0 Å². The number of hydrogen-bond donors (Lipinski definition) is 0. The largest absolute Gasteiger partial charge is 0.493 e. The Kier molecular flexibility index (Phi) is 5.71. The van der Waals surface area contributed by atoms with E-state index in [2.05, 4.69) is 12.1 Å². The second-order valence-corrected chi connectivity index (χ2v) is 9.21. The third-order valence-corrected chi connectivity index (χ3v) is 7.59. The van der Waals surface area contributed by atoms with Gasteiger partial charge in [-0.1, -0.05) is 12.1 Å². The van der Waals surface area contributed by atoms with Gasteiger partial charge >= 0.3 is 11.9 Å². The van der Waals surface area contributed by atoms with Gasteiger partial charge in [-0.15, -0.1) is 0 Å². The molecular formula is C24H31NO6. The number of methoxy groups -OCH3 is 1. The first-order valence-electron chi connectivity index (χ1n) is 11.0. The maximum absolute atomic E-state index is 11.7. The van der Waals surface area contributed by atoms with Crippen molar-refractivity contribution in [2.75, 3.05) is 14.2 Å². The second-order valence-electron chi connectivity index (χ2n) is 9.21. The molecule has 0 heterocycles. The standard InChI is InChI=1S/C24H31NO6/c1-13(26)30-22-12-18-16(11-21(22)28-4)15-8-9-24(3)19(6-7-23(24)31-14(2)27)17(15)10-20(18)25-29-5/h11-12,15,17,19,23H,6-10H2,1-5H3/b25-20+/t15-,17-,19+,23+,24+/m1/s1. The van der Waals surface area contributed by atoms with Gasteiger partial charge in [-0.05, 0) is 67.6 Å². The van der Waals surface area contributed by atoms with Crippen LogP contribution in [0.15, 0.2) is 17.3 Å². The summed E-state index contributed by atoms with van der Waals surface area (Å²) in [7, 11) is 3.13. The summed E-state index contributed by atoms with van der Waals surface area (Å²) in [5.74, 6) is 1.51. The summed E-state index contributed by atoms with van der Waals surface area (Å²) in [4.78, 5) is 28.4. The van der Waals surface area contributed by atoms with Gasteiger partial charge in [0, 0.05) is 24.8 Å². The van der Waals surface area contributed by atoms with Crippen LogP contribution in [0.5, 0.6) is 11.5 Å². The monoisotopic (exact) mass is 429 g/mol. The normalized spacial score (nSPS) is 32.5. The third-order valence-electron chi connectivity index (χ3n) is 7.59. The fourth-order valence-electron chi connectivity index (χ4n) is 6.36. The number of esters is 2. The highest BCUT2D eigenvalue weighted by Gasteiger charge is 2.57. The van der Waals surface area contributed by atoms with Crippen molar-refractivity contribution in [2.45, 2.75) is 64.9 Å². The van der Waals surface area contributed by atoms with E-state index >= 15 is 0 Å². The predicted molar refractivity (Wildman–Crippen MR) is 114 cm³/mol. The van der Waals surface area contributed by atoms with Crippen molar-refractivity contribution in [2.24, 2.45) is 22.4 Å². The number of hydrogen-bond acceptors (Lipinski definition) is 7. The van der Waals surface area contributed by atoms with Gasteiger partial charge in [0.1, 0.15) is 13.2 Å². The van der Waals surface area contributed by atoms with Crippen LogP contribution < -0.4 is 9.47 Å². The molecule has 3 aliphatic carbocycles. The van der Waals surface area contributed by atoms with Gasteiger partial charge in [0.2, 0.25) is 0 Å². The molecule has 7 heteroatoms. The lowest BCUT2D eigenvalue weighted by Crippen LogP contribution is -2.46. The van der Waals surface area contributed by atoms with E-state index in [1.54, 1.807) is 14.2 Å². The van der Waals surface area contributed by atoms with E-state index < -0.39 is 5.97 Å². The Morgan fingerprint density at radius 3 is 2.48 bits per heavy atom. The minimum absolute atomic E-state index is 0.0235. The lowest BCUT2D eigenvalue weighted by atomic mass is 9.55. The van der Waals surface area contributed by atoms with Crippen LogP contribution in [0.25, 0.3) is 0 Å². The number of oxime groups is 1. The summed E-state index contributed by atoms with van der Waals surface area (Å²) in [6.45, 7) is 5.15. The molecular weight excluding hydrogens is 398 g/mol. The number of rotatable bonds is 4. The first-order chi connectivity index (χ1) is 14.8. The Hall–Kier alpha value is -2.57. The van der Waals surface area contributed by atoms with Crippen LogP contribution in [-0.2, 0) is 19.2 Å². The van der Waals surface area contributed by atoms with Gasteiger partial charge in [0.05, 0.1) is 12.8 Å². The number of benzene rings is 1. The number of carbonyl (C=O) groups is 2. The Balaban J connectivity index is 1.75. The molecule has 31 heavy (non-hydrogen) atoms. The molecule has 7 nitrogen and oxygen atoms in total. The van der Waals surface area contributed by atoms with Crippen molar-refractivity contribution in [3.05, 3.63) is 23.3 Å². The molecule has 0 radical (unpaired) electrons. The van der Waals surface area contributed by atoms with Crippen molar-refractivity contribution in [3.8, 4) is 11.5 Å². The molecule has 1 aromatic carbocycles. The summed E-state index contributed by atoms with van der Waals surface area (Å²) in [6.07, 6.45) is 4.70. The van der Waals surface area contributed by atoms with Crippen LogP contribution in [0.1, 0.15) is 69.9 Å². The molecule has 4 rings (SSSR count). The van der Waals surface area contributed by atoms with Gasteiger partial charge < -0.3 is 19.0 Å². The number of carbonyl (C=O) groups excluding carboxylic acids is 2. The maximum atomic E-state index is 11.7. The maximum Gasteiger partial charge on any atom is 0.308 e. The van der Waals surface area contributed by atoms with E-state index in [9.17, 15) is 9.59 Å². The molecule has 0 aromatic heterocycles. The van der Waals surface area contributed by atoms with Gasteiger partial charge in [-0.3, -0.25) is 9.59 Å². The van der Waals surface area contributed by atoms with Crippen LogP contribution in [0.4, 0.5) is 0 Å². The topological polar surface area (TPSA) is 83.4 Å². The van der Waals surface area contributed by atoms with E-state index in [0.717, 1.165) is 48.9 Å². The minimum Gasteiger partial charge on any atom is -0.493 e. The molecule has 2 fully saturated rings. The number of ether oxygens (including phenoxy) is 3. The second kappa shape index (κ2) is 8.17. The molecule has 1 aromatic rings. The van der Waals surface area contributed by atoms with E-state index in [4.69, 9.17) is 19.0 Å². The quantitative estimate of drug-likeness (QED) is 0.405. The average molecular weight is 430 g/mol. The molecule has 0 aliphatic heterocycles. The van der Waals surface area contributed by atoms with Gasteiger partial charge in [0.25, 0.3) is 0 Å². The molecule has 168 valence electrons. The zero-order valence-corrected chi connectivity index (χ0v) is 18.9. The van der Waals surface area contributed by atoms with E-state index in [0.29, 0.717) is 29.3 Å². The molecule has 0 amide bonds. The summed E-state index contributed by atoms with van der Waals surface area (Å²) < 4.78 is 16.7. The fraction of sp³-hybridized carbons (Fsp3) is 0.625. The molecule has 0 bridgehead atoms. The van der Waals surface area contributed by atoms with Gasteiger partial charge in [0.15, 0.2) is 11.5 Å². The highest BCUT2D eigenvalue weighted by atomic mass is 16.6. The summed E-state index contributed by atoms with van der Waals surface area (Å²) in [6, 6.07) is 3.85. The zero-order valence-electron chi connectivity index (χ0n) is 18.9. The SMILES string of the molecule is CO/N=C1\C[C@@H]2[C@H](CC[C@]3(C)[C@@H](OC(C)=O)CC[C@@H]23)c2cc(OC)c(OC(C)=O)cc21. The lowest BCUT2D eigenvalue weighted by Gasteiger charge is -2.50. The highest BCUT2D eigenvalue weighted by Crippen LogP contribution is 2.62. The molecule has 2 saturated carbocycles. The van der Waals surface area contributed by atoms with Crippen molar-refractivity contribution in [1.29, 1.82) is 0 Å². The van der Waals surface area contributed by atoms with Crippen LogP contribution in [0.2, 0.25) is 0 Å². The first-order valence-corrected chi connectivity index (χ1v) is 11.0. The van der Waals surface area contributed by atoms with Crippen LogP contribution in [0, 0.1) is 17.3 Å².